The fraction of sp³-hybridized carbons (Fsp3) is 0.211. The van der Waals surface area contributed by atoms with Gasteiger partial charge in [0.05, 0.1) is 5.60 Å². The molecule has 3 rings (SSSR count). The lowest BCUT2D eigenvalue weighted by molar-refractivity contribution is 0.0786. The highest BCUT2D eigenvalue weighted by atomic mass is 16.3. The van der Waals surface area contributed by atoms with E-state index in [0.29, 0.717) is 5.39 Å². The third-order valence-corrected chi connectivity index (χ3v) is 3.90. The van der Waals surface area contributed by atoms with Gasteiger partial charge in [-0.15, -0.1) is 0 Å². The van der Waals surface area contributed by atoms with Crippen molar-refractivity contribution in [2.75, 3.05) is 0 Å². The van der Waals surface area contributed by atoms with Crippen LogP contribution < -0.4 is 5.56 Å². The molecule has 0 aliphatic carbocycles. The van der Waals surface area contributed by atoms with Crippen LogP contribution in [0.3, 0.4) is 0 Å². The number of aliphatic hydroxyl groups is 1. The lowest BCUT2D eigenvalue weighted by Gasteiger charge is -2.17. The van der Waals surface area contributed by atoms with Gasteiger partial charge < -0.3 is 10.1 Å². The maximum Gasteiger partial charge on any atom is 0.256 e. The van der Waals surface area contributed by atoms with Crippen LogP contribution >= 0.6 is 0 Å². The summed E-state index contributed by atoms with van der Waals surface area (Å²) in [7, 11) is 0. The number of aromatic nitrogens is 1. The number of benzene rings is 2. The average Bonchev–Trinajstić information content (AvgIpc) is 2.47. The predicted molar refractivity (Wildman–Crippen MR) is 90.0 cm³/mol. The Balaban J connectivity index is 2.11. The van der Waals surface area contributed by atoms with Crippen LogP contribution in [-0.4, -0.2) is 10.1 Å². The number of aryl methyl sites for hydroxylation is 1. The molecule has 0 fully saturated rings. The average molecular weight is 293 g/mol. The summed E-state index contributed by atoms with van der Waals surface area (Å²) in [5.74, 6) is 0. The van der Waals surface area contributed by atoms with E-state index in [1.54, 1.807) is 13.8 Å². The standard InChI is InChI=1S/C19H19NO2/c1-12-4-5-14-11-17(20-18(21)16(14)10-12)13-6-8-15(9-7-13)19(2,3)22/h4-11,22H,1-3H3,(H,20,21). The van der Waals surface area contributed by atoms with E-state index in [1.165, 1.54) is 0 Å². The maximum atomic E-state index is 12.3. The van der Waals surface area contributed by atoms with Gasteiger partial charge in [-0.3, -0.25) is 4.79 Å². The normalized spacial score (nSPS) is 11.8. The van der Waals surface area contributed by atoms with Crippen molar-refractivity contribution in [1.29, 1.82) is 0 Å². The number of H-pyrrole nitrogens is 1. The van der Waals surface area contributed by atoms with Gasteiger partial charge in [0, 0.05) is 11.1 Å². The van der Waals surface area contributed by atoms with Gasteiger partial charge in [0.1, 0.15) is 0 Å². The van der Waals surface area contributed by atoms with Crippen LogP contribution in [0.15, 0.2) is 53.3 Å². The minimum absolute atomic E-state index is 0.0808. The molecule has 0 saturated carbocycles. The number of rotatable bonds is 2. The maximum absolute atomic E-state index is 12.3. The van der Waals surface area contributed by atoms with E-state index < -0.39 is 5.60 Å². The Morgan fingerprint density at radius 1 is 1.00 bits per heavy atom. The van der Waals surface area contributed by atoms with Crippen molar-refractivity contribution in [3.8, 4) is 11.3 Å². The smallest absolute Gasteiger partial charge is 0.256 e. The largest absolute Gasteiger partial charge is 0.386 e. The molecule has 22 heavy (non-hydrogen) atoms. The molecule has 112 valence electrons. The molecule has 0 saturated heterocycles. The highest BCUT2D eigenvalue weighted by Gasteiger charge is 2.15. The van der Waals surface area contributed by atoms with Crippen LogP contribution in [0, 0.1) is 6.92 Å². The molecule has 0 amide bonds. The molecule has 3 heteroatoms. The molecule has 1 aromatic heterocycles. The van der Waals surface area contributed by atoms with Crippen LogP contribution in [0.5, 0.6) is 0 Å². The summed E-state index contributed by atoms with van der Waals surface area (Å²) < 4.78 is 0. The van der Waals surface area contributed by atoms with Gasteiger partial charge in [0.2, 0.25) is 0 Å². The molecule has 0 spiro atoms. The minimum atomic E-state index is -0.868. The van der Waals surface area contributed by atoms with Gasteiger partial charge in [-0.1, -0.05) is 42.0 Å². The van der Waals surface area contributed by atoms with Crippen LogP contribution in [0.4, 0.5) is 0 Å². The molecule has 1 heterocycles. The van der Waals surface area contributed by atoms with Gasteiger partial charge in [-0.2, -0.15) is 0 Å². The lowest BCUT2D eigenvalue weighted by Crippen LogP contribution is -2.15. The number of hydrogen-bond acceptors (Lipinski definition) is 2. The first-order chi connectivity index (χ1) is 10.3. The Bertz CT molecular complexity index is 884. The van der Waals surface area contributed by atoms with E-state index in [-0.39, 0.29) is 5.56 Å². The molecule has 0 unspecified atom stereocenters. The molecular weight excluding hydrogens is 274 g/mol. The Hall–Kier alpha value is -2.39. The van der Waals surface area contributed by atoms with Crippen LogP contribution in [0.1, 0.15) is 25.0 Å². The highest BCUT2D eigenvalue weighted by molar-refractivity contribution is 5.85. The Morgan fingerprint density at radius 2 is 1.68 bits per heavy atom. The predicted octanol–water partition coefficient (Wildman–Crippen LogP) is 3.73. The SMILES string of the molecule is Cc1ccc2cc(-c3ccc(C(C)(C)O)cc3)[nH]c(=O)c2c1. The number of fused-ring (bicyclic) bond motifs is 1. The summed E-state index contributed by atoms with van der Waals surface area (Å²) in [6.07, 6.45) is 0. The van der Waals surface area contributed by atoms with Crippen molar-refractivity contribution in [2.45, 2.75) is 26.4 Å². The molecule has 2 N–H and O–H groups in total. The van der Waals surface area contributed by atoms with Crippen molar-refractivity contribution >= 4 is 10.8 Å². The van der Waals surface area contributed by atoms with E-state index >= 15 is 0 Å². The van der Waals surface area contributed by atoms with Crippen molar-refractivity contribution in [3.63, 3.8) is 0 Å². The van der Waals surface area contributed by atoms with Crippen molar-refractivity contribution in [1.82, 2.24) is 4.98 Å². The molecule has 2 aromatic carbocycles. The van der Waals surface area contributed by atoms with E-state index in [1.807, 2.05) is 55.5 Å². The van der Waals surface area contributed by atoms with Gasteiger partial charge in [-0.05, 0) is 49.4 Å². The van der Waals surface area contributed by atoms with Gasteiger partial charge >= 0.3 is 0 Å². The van der Waals surface area contributed by atoms with E-state index in [2.05, 4.69) is 4.98 Å². The monoisotopic (exact) mass is 293 g/mol. The fourth-order valence-electron chi connectivity index (χ4n) is 2.59. The van der Waals surface area contributed by atoms with Crippen LogP contribution in [-0.2, 0) is 5.60 Å². The van der Waals surface area contributed by atoms with Crippen molar-refractivity contribution in [2.24, 2.45) is 0 Å². The second-order valence-electron chi connectivity index (χ2n) is 6.24. The van der Waals surface area contributed by atoms with Crippen molar-refractivity contribution in [3.05, 3.63) is 70.0 Å². The van der Waals surface area contributed by atoms with Crippen LogP contribution in [0.2, 0.25) is 0 Å². The third-order valence-electron chi connectivity index (χ3n) is 3.90. The quantitative estimate of drug-likeness (QED) is 0.756. The number of pyridine rings is 1. The minimum Gasteiger partial charge on any atom is -0.386 e. The number of nitrogens with one attached hydrogen (secondary N) is 1. The molecule has 0 radical (unpaired) electrons. The first kappa shape index (κ1) is 14.5. The topological polar surface area (TPSA) is 53.1 Å². The Kier molecular flexibility index (Phi) is 3.38. The molecule has 0 atom stereocenters. The summed E-state index contributed by atoms with van der Waals surface area (Å²) in [6, 6.07) is 15.4. The molecule has 0 aliphatic rings. The molecular formula is C19H19NO2. The molecule has 0 aliphatic heterocycles. The van der Waals surface area contributed by atoms with Gasteiger partial charge in [0.15, 0.2) is 0 Å². The molecule has 3 aromatic rings. The zero-order valence-corrected chi connectivity index (χ0v) is 13.0. The fourth-order valence-corrected chi connectivity index (χ4v) is 2.59. The van der Waals surface area contributed by atoms with E-state index in [0.717, 1.165) is 27.8 Å². The summed E-state index contributed by atoms with van der Waals surface area (Å²) in [5.41, 5.74) is 2.67. The Labute approximate surface area is 129 Å². The summed E-state index contributed by atoms with van der Waals surface area (Å²) in [5, 5.41) is 11.6. The molecule has 3 nitrogen and oxygen atoms in total. The van der Waals surface area contributed by atoms with E-state index in [4.69, 9.17) is 0 Å². The summed E-state index contributed by atoms with van der Waals surface area (Å²) in [6.45, 7) is 5.48. The summed E-state index contributed by atoms with van der Waals surface area (Å²) >= 11 is 0. The van der Waals surface area contributed by atoms with Gasteiger partial charge in [0.25, 0.3) is 5.56 Å². The second-order valence-corrected chi connectivity index (χ2v) is 6.24. The highest BCUT2D eigenvalue weighted by Crippen LogP contribution is 2.25. The van der Waals surface area contributed by atoms with Gasteiger partial charge in [-0.25, -0.2) is 0 Å². The first-order valence-corrected chi connectivity index (χ1v) is 7.31. The first-order valence-electron chi connectivity index (χ1n) is 7.31. The summed E-state index contributed by atoms with van der Waals surface area (Å²) in [4.78, 5) is 15.2. The zero-order valence-electron chi connectivity index (χ0n) is 13.0. The van der Waals surface area contributed by atoms with Crippen molar-refractivity contribution < 1.29 is 5.11 Å². The lowest BCUT2D eigenvalue weighted by atomic mass is 9.96. The molecule has 0 bridgehead atoms. The third kappa shape index (κ3) is 2.68. The van der Waals surface area contributed by atoms with E-state index in [9.17, 15) is 9.90 Å². The number of aromatic amines is 1. The Morgan fingerprint density at radius 3 is 2.32 bits per heavy atom. The number of hydrogen-bond donors (Lipinski definition) is 2. The van der Waals surface area contributed by atoms with Crippen LogP contribution in [0.25, 0.3) is 22.0 Å². The zero-order chi connectivity index (χ0) is 15.9. The second kappa shape index (κ2) is 5.11.